The van der Waals surface area contributed by atoms with Crippen molar-refractivity contribution < 1.29 is 10.0 Å². The molecule has 0 saturated carbocycles. The van der Waals surface area contributed by atoms with Crippen molar-refractivity contribution in [3.8, 4) is 0 Å². The maximum absolute atomic E-state index is 8.92. The lowest BCUT2D eigenvalue weighted by atomic mass is 9.80. The number of nitrogens with zero attached hydrogens (tertiary/aromatic N) is 2. The second-order valence-corrected chi connectivity index (χ2v) is 3.50. The second kappa shape index (κ2) is 5.38. The van der Waals surface area contributed by atoms with Crippen molar-refractivity contribution in [1.29, 1.82) is 0 Å². The largest absolute Gasteiger partial charge is 0.488 e. The molecule has 0 heterocycles. The molecule has 0 aliphatic heterocycles. The van der Waals surface area contributed by atoms with Gasteiger partial charge in [0.25, 0.3) is 0 Å². The monoisotopic (exact) mass is 226 g/mol. The van der Waals surface area contributed by atoms with Crippen LogP contribution in [0.1, 0.15) is 0 Å². The molecule has 0 fully saturated rings. The van der Waals surface area contributed by atoms with Crippen molar-refractivity contribution in [2.24, 2.45) is 10.2 Å². The highest BCUT2D eigenvalue weighted by Crippen LogP contribution is 2.16. The third-order valence-corrected chi connectivity index (χ3v) is 2.23. The minimum Gasteiger partial charge on any atom is -0.423 e. The van der Waals surface area contributed by atoms with E-state index in [2.05, 4.69) is 10.2 Å². The summed E-state index contributed by atoms with van der Waals surface area (Å²) in [5.41, 5.74) is 1.88. The van der Waals surface area contributed by atoms with Gasteiger partial charge in [-0.15, -0.1) is 0 Å². The molecule has 5 heteroatoms. The van der Waals surface area contributed by atoms with Crippen molar-refractivity contribution in [3.05, 3.63) is 54.6 Å². The van der Waals surface area contributed by atoms with Crippen LogP contribution in [0.15, 0.2) is 64.8 Å². The minimum absolute atomic E-state index is 0.434. The predicted molar refractivity (Wildman–Crippen MR) is 66.9 cm³/mol. The Labute approximate surface area is 99.4 Å². The molecular formula is C12H11BN2O2. The summed E-state index contributed by atoms with van der Waals surface area (Å²) in [7, 11) is -1.45. The third-order valence-electron chi connectivity index (χ3n) is 2.23. The second-order valence-electron chi connectivity index (χ2n) is 3.50. The average Bonchev–Trinajstić information content (AvgIpc) is 2.38. The average molecular weight is 226 g/mol. The van der Waals surface area contributed by atoms with Gasteiger partial charge in [-0.2, -0.15) is 10.2 Å². The van der Waals surface area contributed by atoms with Crippen molar-refractivity contribution in [2.45, 2.75) is 0 Å². The van der Waals surface area contributed by atoms with Crippen molar-refractivity contribution in [3.63, 3.8) is 0 Å². The topological polar surface area (TPSA) is 65.2 Å². The van der Waals surface area contributed by atoms with Crippen molar-refractivity contribution >= 4 is 24.0 Å². The molecule has 0 unspecified atom stereocenters. The number of hydrogen-bond donors (Lipinski definition) is 2. The number of benzene rings is 2. The van der Waals surface area contributed by atoms with Crippen LogP contribution in [0.25, 0.3) is 0 Å². The molecule has 0 radical (unpaired) electrons. The molecule has 2 aromatic carbocycles. The zero-order valence-electron chi connectivity index (χ0n) is 9.06. The Kier molecular flexibility index (Phi) is 3.64. The van der Waals surface area contributed by atoms with Crippen molar-refractivity contribution in [1.82, 2.24) is 0 Å². The highest BCUT2D eigenvalue weighted by atomic mass is 16.4. The van der Waals surface area contributed by atoms with Gasteiger partial charge in [0.2, 0.25) is 0 Å². The summed E-state index contributed by atoms with van der Waals surface area (Å²) in [6.45, 7) is 0. The normalized spacial score (nSPS) is 10.7. The van der Waals surface area contributed by atoms with Crippen molar-refractivity contribution in [2.75, 3.05) is 0 Å². The Hall–Kier alpha value is -1.98. The standard InChI is InChI=1S/C12H11BN2O2/c16-13(17)10-6-8-12(9-7-10)15-14-11-4-2-1-3-5-11/h1-9,16-17H. The molecule has 0 atom stereocenters. The van der Waals surface area contributed by atoms with Gasteiger partial charge in [-0.05, 0) is 29.7 Å². The fraction of sp³-hybridized carbons (Fsp3) is 0. The van der Waals surface area contributed by atoms with Gasteiger partial charge in [-0.1, -0.05) is 30.3 Å². The maximum atomic E-state index is 8.92. The van der Waals surface area contributed by atoms with Crippen LogP contribution in [0, 0.1) is 0 Å². The Morgan fingerprint density at radius 2 is 1.24 bits per heavy atom. The van der Waals surface area contributed by atoms with E-state index < -0.39 is 7.12 Å². The molecule has 2 rings (SSSR count). The van der Waals surface area contributed by atoms with Gasteiger partial charge in [-0.3, -0.25) is 0 Å². The van der Waals surface area contributed by atoms with Crippen LogP contribution >= 0.6 is 0 Å². The van der Waals surface area contributed by atoms with Crippen LogP contribution in [0.4, 0.5) is 11.4 Å². The van der Waals surface area contributed by atoms with Gasteiger partial charge < -0.3 is 10.0 Å². The molecule has 2 N–H and O–H groups in total. The summed E-state index contributed by atoms with van der Waals surface area (Å²) in [6.07, 6.45) is 0. The van der Waals surface area contributed by atoms with Crippen LogP contribution in [-0.4, -0.2) is 17.2 Å². The molecule has 0 spiro atoms. The van der Waals surface area contributed by atoms with E-state index >= 15 is 0 Å². The van der Waals surface area contributed by atoms with E-state index in [-0.39, 0.29) is 0 Å². The molecular weight excluding hydrogens is 215 g/mol. The molecule has 2 aromatic rings. The molecule has 0 amide bonds. The van der Waals surface area contributed by atoms with E-state index in [1.54, 1.807) is 24.3 Å². The van der Waals surface area contributed by atoms with Gasteiger partial charge in [0.15, 0.2) is 0 Å². The first kappa shape index (κ1) is 11.5. The molecule has 0 bridgehead atoms. The lowest BCUT2D eigenvalue weighted by molar-refractivity contribution is 0.426. The molecule has 17 heavy (non-hydrogen) atoms. The smallest absolute Gasteiger partial charge is 0.423 e. The van der Waals surface area contributed by atoms with E-state index in [0.29, 0.717) is 11.2 Å². The van der Waals surface area contributed by atoms with E-state index in [9.17, 15) is 0 Å². The minimum atomic E-state index is -1.45. The van der Waals surface area contributed by atoms with Gasteiger partial charge in [0.05, 0.1) is 11.4 Å². The van der Waals surface area contributed by atoms with Crippen LogP contribution in [-0.2, 0) is 0 Å². The zero-order chi connectivity index (χ0) is 12.1. The third kappa shape index (κ3) is 3.24. The SMILES string of the molecule is OB(O)c1ccc(N=Nc2ccccc2)cc1. The molecule has 0 aromatic heterocycles. The van der Waals surface area contributed by atoms with Crippen LogP contribution in [0.5, 0.6) is 0 Å². The van der Waals surface area contributed by atoms with E-state index in [1.807, 2.05) is 30.3 Å². The first-order chi connectivity index (χ1) is 8.25. The number of azo groups is 1. The van der Waals surface area contributed by atoms with Gasteiger partial charge in [0, 0.05) is 0 Å². The summed E-state index contributed by atoms with van der Waals surface area (Å²) in [5.74, 6) is 0. The Balaban J connectivity index is 2.12. The van der Waals surface area contributed by atoms with Crippen LogP contribution in [0.3, 0.4) is 0 Å². The molecule has 84 valence electrons. The highest BCUT2D eigenvalue weighted by Gasteiger charge is 2.09. The summed E-state index contributed by atoms with van der Waals surface area (Å²) in [4.78, 5) is 0. The number of hydrogen-bond acceptors (Lipinski definition) is 4. The lowest BCUT2D eigenvalue weighted by Gasteiger charge is -1.98. The zero-order valence-corrected chi connectivity index (χ0v) is 9.06. The fourth-order valence-corrected chi connectivity index (χ4v) is 1.32. The summed E-state index contributed by atoms with van der Waals surface area (Å²) in [5, 5.41) is 25.9. The molecule has 4 nitrogen and oxygen atoms in total. The quantitative estimate of drug-likeness (QED) is 0.618. The molecule has 0 saturated heterocycles. The maximum Gasteiger partial charge on any atom is 0.488 e. The Morgan fingerprint density at radius 3 is 1.76 bits per heavy atom. The van der Waals surface area contributed by atoms with Gasteiger partial charge >= 0.3 is 7.12 Å². The lowest BCUT2D eigenvalue weighted by Crippen LogP contribution is -2.29. The summed E-state index contributed by atoms with van der Waals surface area (Å²) < 4.78 is 0. The van der Waals surface area contributed by atoms with Crippen LogP contribution < -0.4 is 5.46 Å². The Bertz CT molecular complexity index is 498. The highest BCUT2D eigenvalue weighted by molar-refractivity contribution is 6.58. The van der Waals surface area contributed by atoms with E-state index in [4.69, 9.17) is 10.0 Å². The first-order valence-corrected chi connectivity index (χ1v) is 5.18. The fourth-order valence-electron chi connectivity index (χ4n) is 1.32. The predicted octanol–water partition coefficient (Wildman–Crippen LogP) is 1.78. The molecule has 0 aliphatic carbocycles. The van der Waals surface area contributed by atoms with Gasteiger partial charge in [0.1, 0.15) is 0 Å². The summed E-state index contributed by atoms with van der Waals surface area (Å²) >= 11 is 0. The first-order valence-electron chi connectivity index (χ1n) is 5.18. The Morgan fingerprint density at radius 1 is 0.706 bits per heavy atom. The summed E-state index contributed by atoms with van der Waals surface area (Å²) in [6, 6.07) is 16.0. The molecule has 0 aliphatic rings. The van der Waals surface area contributed by atoms with E-state index in [0.717, 1.165) is 5.69 Å². The van der Waals surface area contributed by atoms with Gasteiger partial charge in [-0.25, -0.2) is 0 Å². The van der Waals surface area contributed by atoms with Crippen LogP contribution in [0.2, 0.25) is 0 Å². The van der Waals surface area contributed by atoms with E-state index in [1.165, 1.54) is 0 Å². The number of rotatable bonds is 3.